The van der Waals surface area contributed by atoms with Crippen molar-refractivity contribution >= 4 is 11.8 Å². The largest absolute Gasteiger partial charge is 0.313 e. The second-order valence-corrected chi connectivity index (χ2v) is 7.02. The number of hydrogen-bond donors (Lipinski definition) is 1. The molecule has 2 rings (SSSR count). The molecule has 2 unspecified atom stereocenters. The molecule has 0 amide bonds. The van der Waals surface area contributed by atoms with Gasteiger partial charge in [0.15, 0.2) is 0 Å². The van der Waals surface area contributed by atoms with E-state index in [0.717, 1.165) is 12.0 Å². The standard InChI is InChI=1S/C14H27NS/c1-3-12-5-4-6-13(8-7-12)15-11-14(16-2)9-10-14/h12-13,15H,3-11H2,1-2H3. The topological polar surface area (TPSA) is 12.0 Å². The molecule has 0 aromatic rings. The number of hydrogen-bond acceptors (Lipinski definition) is 2. The summed E-state index contributed by atoms with van der Waals surface area (Å²) in [5.74, 6) is 1.02. The first kappa shape index (κ1) is 12.8. The fourth-order valence-electron chi connectivity index (χ4n) is 2.91. The van der Waals surface area contributed by atoms with E-state index in [1.807, 2.05) is 0 Å². The highest BCUT2D eigenvalue weighted by Gasteiger charge is 2.41. The van der Waals surface area contributed by atoms with E-state index in [-0.39, 0.29) is 0 Å². The second kappa shape index (κ2) is 5.77. The summed E-state index contributed by atoms with van der Waals surface area (Å²) in [7, 11) is 0. The molecule has 0 aromatic carbocycles. The lowest BCUT2D eigenvalue weighted by molar-refractivity contribution is 0.425. The van der Waals surface area contributed by atoms with Crippen molar-refractivity contribution in [2.24, 2.45) is 5.92 Å². The summed E-state index contributed by atoms with van der Waals surface area (Å²) in [6.07, 6.45) is 13.8. The molecule has 2 fully saturated rings. The molecule has 1 N–H and O–H groups in total. The van der Waals surface area contributed by atoms with Crippen LogP contribution in [0.25, 0.3) is 0 Å². The highest BCUT2D eigenvalue weighted by molar-refractivity contribution is 8.00. The Morgan fingerprint density at radius 1 is 1.19 bits per heavy atom. The molecule has 1 nitrogen and oxygen atoms in total. The molecule has 0 heterocycles. The first-order valence-electron chi connectivity index (χ1n) is 7.06. The van der Waals surface area contributed by atoms with Gasteiger partial charge in [-0.3, -0.25) is 0 Å². The van der Waals surface area contributed by atoms with Gasteiger partial charge in [-0.2, -0.15) is 11.8 Å². The van der Waals surface area contributed by atoms with Crippen LogP contribution in [-0.2, 0) is 0 Å². The summed E-state index contributed by atoms with van der Waals surface area (Å²) in [5.41, 5.74) is 0. The Kier molecular flexibility index (Phi) is 4.60. The zero-order valence-electron chi connectivity index (χ0n) is 10.9. The molecular weight excluding hydrogens is 214 g/mol. The molecule has 94 valence electrons. The van der Waals surface area contributed by atoms with Gasteiger partial charge in [0.05, 0.1) is 0 Å². The number of thioether (sulfide) groups is 1. The van der Waals surface area contributed by atoms with Gasteiger partial charge in [0, 0.05) is 17.3 Å². The van der Waals surface area contributed by atoms with Crippen molar-refractivity contribution in [3.05, 3.63) is 0 Å². The molecule has 2 heteroatoms. The normalized spacial score (nSPS) is 33.4. The maximum Gasteiger partial charge on any atom is 0.0282 e. The minimum Gasteiger partial charge on any atom is -0.313 e. The summed E-state index contributed by atoms with van der Waals surface area (Å²) in [6.45, 7) is 3.61. The van der Waals surface area contributed by atoms with Crippen molar-refractivity contribution in [3.8, 4) is 0 Å². The third-order valence-corrected chi connectivity index (χ3v) is 6.04. The van der Waals surface area contributed by atoms with E-state index in [1.165, 1.54) is 57.9 Å². The van der Waals surface area contributed by atoms with Crippen LogP contribution < -0.4 is 5.32 Å². The van der Waals surface area contributed by atoms with E-state index in [0.29, 0.717) is 4.75 Å². The zero-order valence-corrected chi connectivity index (χ0v) is 11.7. The summed E-state index contributed by atoms with van der Waals surface area (Å²) < 4.78 is 0.635. The molecule has 2 aliphatic carbocycles. The Labute approximate surface area is 105 Å². The van der Waals surface area contributed by atoms with Gasteiger partial charge >= 0.3 is 0 Å². The third-order valence-electron chi connectivity index (χ3n) is 4.62. The molecule has 0 saturated heterocycles. The number of nitrogens with one attached hydrogen (secondary N) is 1. The average molecular weight is 241 g/mol. The first-order valence-corrected chi connectivity index (χ1v) is 8.29. The summed E-state index contributed by atoms with van der Waals surface area (Å²) in [4.78, 5) is 0. The lowest BCUT2D eigenvalue weighted by atomic mass is 9.98. The van der Waals surface area contributed by atoms with E-state index < -0.39 is 0 Å². The van der Waals surface area contributed by atoms with Crippen LogP contribution in [0.4, 0.5) is 0 Å². The van der Waals surface area contributed by atoms with E-state index in [2.05, 4.69) is 30.3 Å². The maximum atomic E-state index is 3.84. The Morgan fingerprint density at radius 3 is 2.62 bits per heavy atom. The van der Waals surface area contributed by atoms with Gasteiger partial charge in [0.25, 0.3) is 0 Å². The van der Waals surface area contributed by atoms with E-state index in [4.69, 9.17) is 0 Å². The van der Waals surface area contributed by atoms with Gasteiger partial charge in [0.1, 0.15) is 0 Å². The zero-order chi connectivity index (χ0) is 11.4. The predicted octanol–water partition coefficient (Wildman–Crippen LogP) is 3.83. The lowest BCUT2D eigenvalue weighted by Gasteiger charge is -2.20. The summed E-state index contributed by atoms with van der Waals surface area (Å²) in [5, 5.41) is 3.84. The molecule has 16 heavy (non-hydrogen) atoms. The highest BCUT2D eigenvalue weighted by atomic mass is 32.2. The predicted molar refractivity (Wildman–Crippen MR) is 74.1 cm³/mol. The summed E-state index contributed by atoms with van der Waals surface area (Å²) >= 11 is 2.07. The molecule has 2 aliphatic rings. The van der Waals surface area contributed by atoms with Gasteiger partial charge in [-0.1, -0.05) is 26.2 Å². The number of rotatable bonds is 5. The van der Waals surface area contributed by atoms with Crippen molar-refractivity contribution < 1.29 is 0 Å². The monoisotopic (exact) mass is 241 g/mol. The minimum absolute atomic E-state index is 0.635. The molecule has 0 aliphatic heterocycles. The molecule has 0 radical (unpaired) electrons. The lowest BCUT2D eigenvalue weighted by Crippen LogP contribution is -2.35. The fourth-order valence-corrected chi connectivity index (χ4v) is 3.65. The third kappa shape index (κ3) is 3.40. The van der Waals surface area contributed by atoms with Crippen molar-refractivity contribution in [2.75, 3.05) is 12.8 Å². The van der Waals surface area contributed by atoms with Gasteiger partial charge in [-0.25, -0.2) is 0 Å². The van der Waals surface area contributed by atoms with Gasteiger partial charge in [-0.15, -0.1) is 0 Å². The highest BCUT2D eigenvalue weighted by Crippen LogP contribution is 2.46. The van der Waals surface area contributed by atoms with Crippen LogP contribution in [0.1, 0.15) is 58.3 Å². The van der Waals surface area contributed by atoms with Crippen molar-refractivity contribution in [2.45, 2.75) is 69.1 Å². The van der Waals surface area contributed by atoms with Crippen LogP contribution in [0.2, 0.25) is 0 Å². The van der Waals surface area contributed by atoms with Gasteiger partial charge in [0.2, 0.25) is 0 Å². The van der Waals surface area contributed by atoms with Crippen LogP contribution in [0.15, 0.2) is 0 Å². The second-order valence-electron chi connectivity index (χ2n) is 5.75. The van der Waals surface area contributed by atoms with Crippen LogP contribution in [0.5, 0.6) is 0 Å². The minimum atomic E-state index is 0.635. The van der Waals surface area contributed by atoms with E-state index in [1.54, 1.807) is 0 Å². The van der Waals surface area contributed by atoms with Crippen molar-refractivity contribution in [3.63, 3.8) is 0 Å². The Hall–Kier alpha value is 0.310. The van der Waals surface area contributed by atoms with Gasteiger partial charge < -0.3 is 5.32 Å². The first-order chi connectivity index (χ1) is 7.78. The molecule has 2 saturated carbocycles. The Morgan fingerprint density at radius 2 is 2.00 bits per heavy atom. The van der Waals surface area contributed by atoms with Crippen LogP contribution >= 0.6 is 11.8 Å². The molecular formula is C14H27NS. The smallest absolute Gasteiger partial charge is 0.0282 e. The Balaban J connectivity index is 1.69. The van der Waals surface area contributed by atoms with Crippen LogP contribution in [0, 0.1) is 5.92 Å². The maximum absolute atomic E-state index is 3.84. The molecule has 0 bridgehead atoms. The van der Waals surface area contributed by atoms with E-state index in [9.17, 15) is 0 Å². The van der Waals surface area contributed by atoms with E-state index >= 15 is 0 Å². The molecule has 0 aromatic heterocycles. The molecule has 2 atom stereocenters. The summed E-state index contributed by atoms with van der Waals surface area (Å²) in [6, 6.07) is 0.821. The van der Waals surface area contributed by atoms with Crippen LogP contribution in [0.3, 0.4) is 0 Å². The van der Waals surface area contributed by atoms with Crippen molar-refractivity contribution in [1.29, 1.82) is 0 Å². The van der Waals surface area contributed by atoms with Crippen LogP contribution in [-0.4, -0.2) is 23.6 Å². The van der Waals surface area contributed by atoms with Crippen molar-refractivity contribution in [1.82, 2.24) is 5.32 Å². The molecule has 0 spiro atoms. The average Bonchev–Trinajstić information content (AvgIpc) is 3.11. The SMILES string of the molecule is CCC1CCCC(NCC2(SC)CC2)CC1. The Bertz CT molecular complexity index is 213. The van der Waals surface area contributed by atoms with Gasteiger partial charge in [-0.05, 0) is 44.3 Å². The fraction of sp³-hybridized carbons (Fsp3) is 1.00. The quantitative estimate of drug-likeness (QED) is 0.734.